The number of hydrogen-bond acceptors (Lipinski definition) is 6. The van der Waals surface area contributed by atoms with E-state index in [1.54, 1.807) is 4.57 Å². The largest absolute Gasteiger partial charge is 0.457 e. The van der Waals surface area contributed by atoms with E-state index in [4.69, 9.17) is 20.4 Å². The van der Waals surface area contributed by atoms with Crippen molar-refractivity contribution < 1.29 is 9.53 Å². The van der Waals surface area contributed by atoms with Crippen LogP contribution in [0.15, 0.2) is 78.9 Å². The molecule has 0 fully saturated rings. The number of carbonyl (C=O) groups excluding carboxylic acids is 1. The number of nitrogen functional groups attached to an aromatic ring is 1. The van der Waals surface area contributed by atoms with Gasteiger partial charge >= 0.3 is 5.97 Å². The maximum absolute atomic E-state index is 13.3. The summed E-state index contributed by atoms with van der Waals surface area (Å²) in [5, 5.41) is 0. The molecule has 3 aromatic carbocycles. The quantitative estimate of drug-likeness (QED) is 0.326. The minimum absolute atomic E-state index is 0.144. The molecule has 0 amide bonds. The molecule has 7 heteroatoms. The van der Waals surface area contributed by atoms with Crippen molar-refractivity contribution >= 4 is 39.7 Å². The fourth-order valence-corrected chi connectivity index (χ4v) is 4.32. The van der Waals surface area contributed by atoms with E-state index in [2.05, 4.69) is 30.9 Å². The van der Waals surface area contributed by atoms with Gasteiger partial charge in [0.05, 0.1) is 11.0 Å². The lowest BCUT2D eigenvalue weighted by molar-refractivity contribution is 0.0476. The Morgan fingerprint density at radius 3 is 2.17 bits per heavy atom. The Morgan fingerprint density at radius 2 is 1.51 bits per heavy atom. The number of esters is 1. The molecule has 176 valence electrons. The highest BCUT2D eigenvalue weighted by molar-refractivity contribution is 6.09. The van der Waals surface area contributed by atoms with Crippen molar-refractivity contribution in [1.29, 1.82) is 0 Å². The first kappa shape index (κ1) is 22.4. The summed E-state index contributed by atoms with van der Waals surface area (Å²) in [6.45, 7) is 6.23. The molecule has 2 aromatic heterocycles. The average molecular weight is 466 g/mol. The van der Waals surface area contributed by atoms with Gasteiger partial charge in [0.1, 0.15) is 23.5 Å². The number of aromatic nitrogens is 3. The van der Waals surface area contributed by atoms with Crippen molar-refractivity contribution in [3.8, 4) is 5.69 Å². The lowest BCUT2D eigenvalue weighted by atomic mass is 10.2. The van der Waals surface area contributed by atoms with Gasteiger partial charge in [-0.05, 0) is 55.8 Å². The number of hydrogen-bond donors (Lipinski definition) is 1. The molecule has 0 saturated heterocycles. The zero-order valence-corrected chi connectivity index (χ0v) is 19.8. The maximum Gasteiger partial charge on any atom is 0.344 e. The van der Waals surface area contributed by atoms with Gasteiger partial charge in [-0.15, -0.1) is 0 Å². The summed E-state index contributed by atoms with van der Waals surface area (Å²) in [5.41, 5.74) is 12.0. The molecule has 5 rings (SSSR count). The smallest absolute Gasteiger partial charge is 0.344 e. The Morgan fingerprint density at radius 1 is 0.886 bits per heavy atom. The highest BCUT2D eigenvalue weighted by Crippen LogP contribution is 2.32. The summed E-state index contributed by atoms with van der Waals surface area (Å²) in [4.78, 5) is 25.1. The minimum Gasteiger partial charge on any atom is -0.457 e. The molecule has 0 atom stereocenters. The minimum atomic E-state index is -0.528. The third-order valence-electron chi connectivity index (χ3n) is 6.15. The molecule has 0 aliphatic carbocycles. The second kappa shape index (κ2) is 9.46. The highest BCUT2D eigenvalue weighted by atomic mass is 16.5. The first-order valence-corrected chi connectivity index (χ1v) is 11.7. The summed E-state index contributed by atoms with van der Waals surface area (Å²) in [6, 6.07) is 25.2. The summed E-state index contributed by atoms with van der Waals surface area (Å²) in [6.07, 6.45) is 0. The number of benzene rings is 3. The van der Waals surface area contributed by atoms with Gasteiger partial charge in [0.25, 0.3) is 0 Å². The molecule has 35 heavy (non-hydrogen) atoms. The van der Waals surface area contributed by atoms with Crippen molar-refractivity contribution in [1.82, 2.24) is 14.5 Å². The number of anilines is 2. The Hall–Kier alpha value is -4.39. The molecule has 0 aliphatic rings. The lowest BCUT2D eigenvalue weighted by Crippen LogP contribution is -2.21. The van der Waals surface area contributed by atoms with Crippen LogP contribution in [0.4, 0.5) is 11.5 Å². The monoisotopic (exact) mass is 465 g/mol. The van der Waals surface area contributed by atoms with Gasteiger partial charge in [-0.3, -0.25) is 4.57 Å². The van der Waals surface area contributed by atoms with Crippen molar-refractivity contribution in [3.63, 3.8) is 0 Å². The SMILES string of the molecule is CCN(CC)c1ccc(-n2c(N)c(C(=O)OCc3ccccc3)c3nc4ccccc4nc32)cc1. The van der Waals surface area contributed by atoms with Crippen LogP contribution in [0.3, 0.4) is 0 Å². The standard InChI is InChI=1S/C28H27N5O2/c1-3-32(4-2)20-14-16-21(17-15-20)33-26(29)24(28(34)35-18-19-10-6-5-7-11-19)25-27(33)31-23-13-9-8-12-22(23)30-25/h5-17H,3-4,18,29H2,1-2H3. The van der Waals surface area contributed by atoms with Gasteiger partial charge in [0, 0.05) is 24.5 Å². The zero-order valence-electron chi connectivity index (χ0n) is 19.8. The Bertz CT molecular complexity index is 1490. The van der Waals surface area contributed by atoms with E-state index in [0.717, 1.165) is 35.5 Å². The van der Waals surface area contributed by atoms with E-state index in [-0.39, 0.29) is 18.0 Å². The van der Waals surface area contributed by atoms with E-state index in [1.165, 1.54) is 0 Å². The van der Waals surface area contributed by atoms with Gasteiger partial charge in [0.2, 0.25) is 0 Å². The van der Waals surface area contributed by atoms with E-state index >= 15 is 0 Å². The van der Waals surface area contributed by atoms with Gasteiger partial charge < -0.3 is 15.4 Å². The van der Waals surface area contributed by atoms with Crippen molar-refractivity contribution in [2.24, 2.45) is 0 Å². The molecular weight excluding hydrogens is 438 g/mol. The second-order valence-electron chi connectivity index (χ2n) is 8.23. The van der Waals surface area contributed by atoms with Crippen LogP contribution in [0.25, 0.3) is 27.9 Å². The molecule has 0 unspecified atom stereocenters. The van der Waals surface area contributed by atoms with E-state index in [1.807, 2.05) is 66.7 Å². The summed E-state index contributed by atoms with van der Waals surface area (Å²) < 4.78 is 7.41. The Kier molecular flexibility index (Phi) is 6.06. The topological polar surface area (TPSA) is 86.3 Å². The van der Waals surface area contributed by atoms with Crippen LogP contribution in [0.1, 0.15) is 29.8 Å². The van der Waals surface area contributed by atoms with Gasteiger partial charge in [-0.2, -0.15) is 0 Å². The number of carbonyl (C=O) groups is 1. The lowest BCUT2D eigenvalue weighted by Gasteiger charge is -2.21. The first-order valence-electron chi connectivity index (χ1n) is 11.7. The first-order chi connectivity index (χ1) is 17.1. The van der Waals surface area contributed by atoms with Crippen LogP contribution in [0.5, 0.6) is 0 Å². The Balaban J connectivity index is 1.63. The molecule has 0 aliphatic heterocycles. The Labute approximate surface area is 203 Å². The number of rotatable bonds is 7. The van der Waals surface area contributed by atoms with Crippen molar-refractivity contribution in [3.05, 3.63) is 90.0 Å². The normalized spacial score (nSPS) is 11.1. The summed E-state index contributed by atoms with van der Waals surface area (Å²) in [7, 11) is 0. The number of ether oxygens (including phenoxy) is 1. The molecule has 0 spiro atoms. The average Bonchev–Trinajstić information content (AvgIpc) is 3.18. The molecule has 5 aromatic rings. The van der Waals surface area contributed by atoms with Gasteiger partial charge in [-0.1, -0.05) is 42.5 Å². The summed E-state index contributed by atoms with van der Waals surface area (Å²) >= 11 is 0. The molecule has 7 nitrogen and oxygen atoms in total. The third kappa shape index (κ3) is 4.17. The van der Waals surface area contributed by atoms with Crippen LogP contribution in [0.2, 0.25) is 0 Å². The number of nitrogens with two attached hydrogens (primary N) is 1. The van der Waals surface area contributed by atoms with E-state index in [0.29, 0.717) is 16.7 Å². The molecule has 0 saturated carbocycles. The third-order valence-corrected chi connectivity index (χ3v) is 6.15. The van der Waals surface area contributed by atoms with Crippen LogP contribution in [-0.4, -0.2) is 33.6 Å². The molecular formula is C28H27N5O2. The van der Waals surface area contributed by atoms with Crippen LogP contribution in [-0.2, 0) is 11.3 Å². The van der Waals surface area contributed by atoms with E-state index in [9.17, 15) is 4.79 Å². The van der Waals surface area contributed by atoms with Gasteiger partial charge in [-0.25, -0.2) is 14.8 Å². The fraction of sp³-hybridized carbons (Fsp3) is 0.179. The maximum atomic E-state index is 13.3. The van der Waals surface area contributed by atoms with Crippen molar-refractivity contribution in [2.45, 2.75) is 20.5 Å². The molecule has 2 N–H and O–H groups in total. The van der Waals surface area contributed by atoms with Crippen molar-refractivity contribution in [2.75, 3.05) is 23.7 Å². The van der Waals surface area contributed by atoms with Crippen LogP contribution >= 0.6 is 0 Å². The van der Waals surface area contributed by atoms with Crippen LogP contribution in [0, 0.1) is 0 Å². The van der Waals surface area contributed by atoms with Crippen LogP contribution < -0.4 is 10.6 Å². The van der Waals surface area contributed by atoms with Gasteiger partial charge in [0.15, 0.2) is 5.65 Å². The number of fused-ring (bicyclic) bond motifs is 2. The summed E-state index contributed by atoms with van der Waals surface area (Å²) in [5.74, 6) is -0.275. The molecule has 0 radical (unpaired) electrons. The highest BCUT2D eigenvalue weighted by Gasteiger charge is 2.26. The van der Waals surface area contributed by atoms with E-state index < -0.39 is 5.97 Å². The number of para-hydroxylation sites is 2. The second-order valence-corrected chi connectivity index (χ2v) is 8.23. The zero-order chi connectivity index (χ0) is 24.4. The molecule has 2 heterocycles. The molecule has 0 bridgehead atoms. The predicted molar refractivity (Wildman–Crippen MR) is 140 cm³/mol. The number of nitrogens with zero attached hydrogens (tertiary/aromatic N) is 4. The fourth-order valence-electron chi connectivity index (χ4n) is 4.32. The predicted octanol–water partition coefficient (Wildman–Crippen LogP) is 5.36.